The predicted octanol–water partition coefficient (Wildman–Crippen LogP) is 3.34. The number of thiazole rings is 1. The van der Waals surface area contributed by atoms with Crippen LogP contribution in [0.5, 0.6) is 0 Å². The van der Waals surface area contributed by atoms with Crippen molar-refractivity contribution >= 4 is 23.0 Å². The average Bonchev–Trinajstić information content (AvgIpc) is 3.36. The van der Waals surface area contributed by atoms with Crippen LogP contribution in [0.1, 0.15) is 29.3 Å². The largest absolute Gasteiger partial charge is 0.364 e. The molecule has 2 N–H and O–H groups in total. The zero-order valence-electron chi connectivity index (χ0n) is 15.5. The number of nitrogens with one attached hydrogen (secondary N) is 2. The second-order valence-electron chi connectivity index (χ2n) is 6.17. The maximum absolute atomic E-state index is 4.70. The SMILES string of the molecule is CCNC(=NCc1ccc(N2CC=CC2)cc1)NCc1ncc(CC)s1. The monoisotopic (exact) mass is 369 g/mol. The highest BCUT2D eigenvalue weighted by molar-refractivity contribution is 7.11. The van der Waals surface area contributed by atoms with E-state index in [9.17, 15) is 0 Å². The van der Waals surface area contributed by atoms with Gasteiger partial charge in [0.2, 0.25) is 0 Å². The van der Waals surface area contributed by atoms with Crippen LogP contribution in [0, 0.1) is 0 Å². The molecule has 6 heteroatoms. The van der Waals surface area contributed by atoms with Crippen molar-refractivity contribution < 1.29 is 0 Å². The van der Waals surface area contributed by atoms with E-state index in [1.807, 2.05) is 6.20 Å². The molecule has 0 fully saturated rings. The van der Waals surface area contributed by atoms with E-state index in [-0.39, 0.29) is 0 Å². The highest BCUT2D eigenvalue weighted by atomic mass is 32.1. The van der Waals surface area contributed by atoms with Crippen LogP contribution in [-0.4, -0.2) is 30.6 Å². The van der Waals surface area contributed by atoms with Crippen LogP contribution >= 0.6 is 11.3 Å². The topological polar surface area (TPSA) is 52.6 Å². The van der Waals surface area contributed by atoms with Crippen LogP contribution < -0.4 is 15.5 Å². The van der Waals surface area contributed by atoms with Crippen molar-refractivity contribution in [2.24, 2.45) is 4.99 Å². The number of nitrogens with zero attached hydrogens (tertiary/aromatic N) is 3. The maximum Gasteiger partial charge on any atom is 0.191 e. The van der Waals surface area contributed by atoms with Crippen LogP contribution in [-0.2, 0) is 19.5 Å². The van der Waals surface area contributed by atoms with Crippen LogP contribution in [0.3, 0.4) is 0 Å². The van der Waals surface area contributed by atoms with Gasteiger partial charge in [0.1, 0.15) is 5.01 Å². The Hall–Kier alpha value is -2.34. The van der Waals surface area contributed by atoms with Gasteiger partial charge in [-0.3, -0.25) is 0 Å². The Morgan fingerprint density at radius 3 is 2.58 bits per heavy atom. The van der Waals surface area contributed by atoms with E-state index in [4.69, 9.17) is 4.99 Å². The van der Waals surface area contributed by atoms with E-state index in [0.717, 1.165) is 37.0 Å². The quantitative estimate of drug-likeness (QED) is 0.446. The summed E-state index contributed by atoms with van der Waals surface area (Å²) in [5.74, 6) is 0.827. The van der Waals surface area contributed by atoms with Gasteiger partial charge >= 0.3 is 0 Å². The van der Waals surface area contributed by atoms with Gasteiger partial charge in [-0.2, -0.15) is 0 Å². The molecule has 0 atom stereocenters. The molecule has 0 saturated carbocycles. The number of benzene rings is 1. The second kappa shape index (κ2) is 9.38. The van der Waals surface area contributed by atoms with Gasteiger partial charge < -0.3 is 15.5 Å². The number of rotatable bonds is 7. The van der Waals surface area contributed by atoms with Crippen LogP contribution in [0.2, 0.25) is 0 Å². The van der Waals surface area contributed by atoms with Crippen molar-refractivity contribution in [3.05, 3.63) is 58.1 Å². The molecule has 3 rings (SSSR count). The maximum atomic E-state index is 4.70. The minimum Gasteiger partial charge on any atom is -0.364 e. The van der Waals surface area contributed by atoms with Gasteiger partial charge in [-0.1, -0.05) is 31.2 Å². The molecule has 26 heavy (non-hydrogen) atoms. The van der Waals surface area contributed by atoms with Crippen molar-refractivity contribution in [2.45, 2.75) is 33.4 Å². The normalized spacial score (nSPS) is 14.1. The lowest BCUT2D eigenvalue weighted by Crippen LogP contribution is -2.36. The Bertz CT molecular complexity index is 740. The van der Waals surface area contributed by atoms with Gasteiger partial charge in [0, 0.05) is 36.4 Å². The first-order valence-corrected chi connectivity index (χ1v) is 10.0. The standard InChI is InChI=1S/C20H27N5S/c1-3-18-14-22-19(26-18)15-24-20(21-4-2)23-13-16-7-9-17(10-8-16)25-11-5-6-12-25/h5-10,14H,3-4,11-13,15H2,1-2H3,(H2,21,23,24). The summed E-state index contributed by atoms with van der Waals surface area (Å²) in [7, 11) is 0. The van der Waals surface area contributed by atoms with Gasteiger partial charge in [-0.15, -0.1) is 11.3 Å². The fourth-order valence-electron chi connectivity index (χ4n) is 2.77. The summed E-state index contributed by atoms with van der Waals surface area (Å²) in [5, 5.41) is 7.76. The summed E-state index contributed by atoms with van der Waals surface area (Å²) in [5.41, 5.74) is 2.48. The third kappa shape index (κ3) is 5.08. The first-order chi connectivity index (χ1) is 12.8. The third-order valence-electron chi connectivity index (χ3n) is 4.24. The van der Waals surface area contributed by atoms with Gasteiger partial charge in [0.05, 0.1) is 13.1 Å². The Morgan fingerprint density at radius 2 is 1.92 bits per heavy atom. The van der Waals surface area contributed by atoms with Crippen LogP contribution in [0.25, 0.3) is 0 Å². The van der Waals surface area contributed by atoms with E-state index >= 15 is 0 Å². The molecule has 2 aromatic rings. The molecule has 0 spiro atoms. The first kappa shape index (κ1) is 18.5. The Morgan fingerprint density at radius 1 is 1.15 bits per heavy atom. The van der Waals surface area contributed by atoms with Crippen molar-refractivity contribution in [3.8, 4) is 0 Å². The van der Waals surface area contributed by atoms with Gasteiger partial charge in [0.25, 0.3) is 0 Å². The molecule has 0 saturated heterocycles. The summed E-state index contributed by atoms with van der Waals surface area (Å²) < 4.78 is 0. The molecule has 138 valence electrons. The van der Waals surface area contributed by atoms with E-state index in [1.54, 1.807) is 11.3 Å². The summed E-state index contributed by atoms with van der Waals surface area (Å²) in [6.07, 6.45) is 7.41. The highest BCUT2D eigenvalue weighted by Crippen LogP contribution is 2.18. The second-order valence-corrected chi connectivity index (χ2v) is 7.37. The van der Waals surface area contributed by atoms with Crippen molar-refractivity contribution in [1.29, 1.82) is 0 Å². The Labute approximate surface area is 159 Å². The lowest BCUT2D eigenvalue weighted by molar-refractivity contribution is 0.811. The number of anilines is 1. The molecule has 0 unspecified atom stereocenters. The van der Waals surface area contributed by atoms with E-state index < -0.39 is 0 Å². The third-order valence-corrected chi connectivity index (χ3v) is 5.38. The number of aliphatic imine (C=N–C) groups is 1. The molecule has 0 bridgehead atoms. The van der Waals surface area contributed by atoms with Crippen molar-refractivity contribution in [1.82, 2.24) is 15.6 Å². The molecule has 2 heterocycles. The molecule has 1 aliphatic heterocycles. The zero-order chi connectivity index (χ0) is 18.2. The molecule has 0 radical (unpaired) electrons. The minimum absolute atomic E-state index is 0.659. The lowest BCUT2D eigenvalue weighted by atomic mass is 10.2. The zero-order valence-corrected chi connectivity index (χ0v) is 16.4. The van der Waals surface area contributed by atoms with Crippen molar-refractivity contribution in [3.63, 3.8) is 0 Å². The minimum atomic E-state index is 0.659. The van der Waals surface area contributed by atoms with Gasteiger partial charge in [-0.25, -0.2) is 9.98 Å². The van der Waals surface area contributed by atoms with Gasteiger partial charge in [-0.05, 0) is 31.0 Å². The fourth-order valence-corrected chi connectivity index (χ4v) is 3.57. The summed E-state index contributed by atoms with van der Waals surface area (Å²) in [6.45, 7) is 8.44. The van der Waals surface area contributed by atoms with E-state index in [2.05, 4.69) is 70.8 Å². The molecule has 0 amide bonds. The Balaban J connectivity index is 1.55. The number of aryl methyl sites for hydroxylation is 1. The van der Waals surface area contributed by atoms with E-state index in [1.165, 1.54) is 16.1 Å². The highest BCUT2D eigenvalue weighted by Gasteiger charge is 2.07. The lowest BCUT2D eigenvalue weighted by Gasteiger charge is -2.17. The molecule has 1 aromatic heterocycles. The Kier molecular flexibility index (Phi) is 6.66. The number of hydrogen-bond donors (Lipinski definition) is 2. The van der Waals surface area contributed by atoms with E-state index in [0.29, 0.717) is 13.1 Å². The van der Waals surface area contributed by atoms with Crippen molar-refractivity contribution in [2.75, 3.05) is 24.5 Å². The molecule has 1 aliphatic rings. The molecular weight excluding hydrogens is 342 g/mol. The first-order valence-electron chi connectivity index (χ1n) is 9.23. The smallest absolute Gasteiger partial charge is 0.191 e. The van der Waals surface area contributed by atoms with Crippen LogP contribution in [0.15, 0.2) is 47.6 Å². The molecule has 1 aromatic carbocycles. The summed E-state index contributed by atoms with van der Waals surface area (Å²) >= 11 is 1.75. The molecule has 0 aliphatic carbocycles. The summed E-state index contributed by atoms with van der Waals surface area (Å²) in [4.78, 5) is 12.8. The summed E-state index contributed by atoms with van der Waals surface area (Å²) in [6, 6.07) is 8.68. The van der Waals surface area contributed by atoms with Gasteiger partial charge in [0.15, 0.2) is 5.96 Å². The number of hydrogen-bond acceptors (Lipinski definition) is 4. The average molecular weight is 370 g/mol. The van der Waals surface area contributed by atoms with Crippen LogP contribution in [0.4, 0.5) is 5.69 Å². The molecule has 5 nitrogen and oxygen atoms in total. The predicted molar refractivity (Wildman–Crippen MR) is 111 cm³/mol. The molecular formula is C20H27N5S. The number of guanidine groups is 1. The number of aromatic nitrogens is 1. The fraction of sp³-hybridized carbons (Fsp3) is 0.400.